The molecule has 0 saturated carbocycles. The van der Waals surface area contributed by atoms with Gasteiger partial charge < -0.3 is 10.1 Å². The van der Waals surface area contributed by atoms with Crippen molar-refractivity contribution in [2.75, 3.05) is 19.4 Å². The topological polar surface area (TPSA) is 38.3 Å². The van der Waals surface area contributed by atoms with Crippen molar-refractivity contribution in [3.63, 3.8) is 0 Å². The molecule has 0 heterocycles. The Balaban J connectivity index is 2.60. The Bertz CT molecular complexity index is 399. The number of rotatable bonds is 7. The summed E-state index contributed by atoms with van der Waals surface area (Å²) in [7, 11) is 1.41. The van der Waals surface area contributed by atoms with E-state index in [-0.39, 0.29) is 5.97 Å². The molecule has 1 rings (SSSR count). The Morgan fingerprint density at radius 3 is 2.94 bits per heavy atom. The monoisotopic (exact) mass is 287 g/mol. The number of carbonyl (C=O) groups is 1. The lowest BCUT2D eigenvalue weighted by Gasteiger charge is -2.10. The van der Waals surface area contributed by atoms with Crippen LogP contribution in [0.25, 0.3) is 0 Å². The van der Waals surface area contributed by atoms with Gasteiger partial charge in [-0.25, -0.2) is 0 Å². The van der Waals surface area contributed by atoms with E-state index in [1.807, 2.05) is 18.2 Å². The second kappa shape index (κ2) is 8.40. The number of hydrogen-bond acceptors (Lipinski definition) is 4. The highest BCUT2D eigenvalue weighted by molar-refractivity contribution is 7.99. The van der Waals surface area contributed by atoms with E-state index in [1.165, 1.54) is 12.7 Å². The SMILES string of the molecule is CCNCc1cc(Cl)ccc1SCCC(=O)OC. The Morgan fingerprint density at radius 1 is 1.50 bits per heavy atom. The predicted molar refractivity (Wildman–Crippen MR) is 76.2 cm³/mol. The quantitative estimate of drug-likeness (QED) is 0.618. The fourth-order valence-electron chi connectivity index (χ4n) is 1.43. The predicted octanol–water partition coefficient (Wildman–Crippen LogP) is 3.10. The van der Waals surface area contributed by atoms with Crippen molar-refractivity contribution in [3.8, 4) is 0 Å². The van der Waals surface area contributed by atoms with Crippen molar-refractivity contribution in [2.24, 2.45) is 0 Å². The van der Waals surface area contributed by atoms with E-state index in [1.54, 1.807) is 11.8 Å². The zero-order valence-electron chi connectivity index (χ0n) is 10.7. The molecule has 3 nitrogen and oxygen atoms in total. The van der Waals surface area contributed by atoms with E-state index in [0.29, 0.717) is 12.2 Å². The minimum atomic E-state index is -0.176. The number of thioether (sulfide) groups is 1. The summed E-state index contributed by atoms with van der Waals surface area (Å²) in [6.07, 6.45) is 0.421. The Kier molecular flexibility index (Phi) is 7.16. The van der Waals surface area contributed by atoms with Gasteiger partial charge in [-0.2, -0.15) is 0 Å². The number of esters is 1. The molecule has 0 unspecified atom stereocenters. The molecule has 0 radical (unpaired) electrons. The number of nitrogens with one attached hydrogen (secondary N) is 1. The second-order valence-corrected chi connectivity index (χ2v) is 5.28. The van der Waals surface area contributed by atoms with Crippen molar-refractivity contribution in [2.45, 2.75) is 24.8 Å². The number of carbonyl (C=O) groups excluding carboxylic acids is 1. The zero-order valence-corrected chi connectivity index (χ0v) is 12.2. The summed E-state index contributed by atoms with van der Waals surface area (Å²) in [5, 5.41) is 4.02. The van der Waals surface area contributed by atoms with Gasteiger partial charge in [0, 0.05) is 22.2 Å². The van der Waals surface area contributed by atoms with Crippen LogP contribution in [-0.4, -0.2) is 25.4 Å². The van der Waals surface area contributed by atoms with Gasteiger partial charge in [-0.1, -0.05) is 18.5 Å². The standard InChI is InChI=1S/C13H18ClNO2S/c1-3-15-9-10-8-11(14)4-5-12(10)18-7-6-13(16)17-2/h4-5,8,15H,3,6-7,9H2,1-2H3. The summed E-state index contributed by atoms with van der Waals surface area (Å²) in [5.74, 6) is 0.539. The van der Waals surface area contributed by atoms with Gasteiger partial charge in [-0.05, 0) is 30.3 Å². The molecule has 0 atom stereocenters. The summed E-state index contributed by atoms with van der Waals surface area (Å²) >= 11 is 7.64. The van der Waals surface area contributed by atoms with Crippen LogP contribution < -0.4 is 5.32 Å². The minimum absolute atomic E-state index is 0.176. The van der Waals surface area contributed by atoms with E-state index in [2.05, 4.69) is 17.0 Å². The maximum Gasteiger partial charge on any atom is 0.306 e. The molecule has 0 bridgehead atoms. The van der Waals surface area contributed by atoms with Gasteiger partial charge in [0.1, 0.15) is 0 Å². The van der Waals surface area contributed by atoms with Crippen molar-refractivity contribution in [1.82, 2.24) is 5.32 Å². The molecule has 0 aliphatic heterocycles. The smallest absolute Gasteiger partial charge is 0.306 e. The summed E-state index contributed by atoms with van der Waals surface area (Å²) in [5.41, 5.74) is 1.17. The van der Waals surface area contributed by atoms with E-state index < -0.39 is 0 Å². The molecule has 1 aromatic rings. The van der Waals surface area contributed by atoms with Crippen molar-refractivity contribution in [1.29, 1.82) is 0 Å². The first-order valence-electron chi connectivity index (χ1n) is 5.86. The molecule has 0 aromatic heterocycles. The lowest BCUT2D eigenvalue weighted by molar-refractivity contribution is -0.140. The van der Waals surface area contributed by atoms with Crippen LogP contribution in [0.4, 0.5) is 0 Å². The summed E-state index contributed by atoms with van der Waals surface area (Å²) in [6, 6.07) is 5.83. The molecular formula is C13H18ClNO2S. The van der Waals surface area contributed by atoms with E-state index >= 15 is 0 Å². The summed E-state index contributed by atoms with van der Waals surface area (Å²) < 4.78 is 4.62. The highest BCUT2D eigenvalue weighted by Gasteiger charge is 2.06. The van der Waals surface area contributed by atoms with Crippen LogP contribution in [-0.2, 0) is 16.1 Å². The average Bonchev–Trinajstić information content (AvgIpc) is 2.38. The molecule has 100 valence electrons. The van der Waals surface area contributed by atoms with Crippen molar-refractivity contribution >= 4 is 29.3 Å². The molecule has 0 aliphatic rings. The Morgan fingerprint density at radius 2 is 2.28 bits per heavy atom. The van der Waals surface area contributed by atoms with Crippen molar-refractivity contribution < 1.29 is 9.53 Å². The van der Waals surface area contributed by atoms with Crippen LogP contribution in [0.15, 0.2) is 23.1 Å². The molecule has 0 aliphatic carbocycles. The molecular weight excluding hydrogens is 270 g/mol. The number of hydrogen-bond donors (Lipinski definition) is 1. The number of benzene rings is 1. The van der Waals surface area contributed by atoms with Crippen LogP contribution in [0.2, 0.25) is 5.02 Å². The van der Waals surface area contributed by atoms with Crippen LogP contribution in [0.3, 0.4) is 0 Å². The third kappa shape index (κ3) is 5.29. The lowest BCUT2D eigenvalue weighted by Crippen LogP contribution is -2.12. The van der Waals surface area contributed by atoms with Crippen LogP contribution in [0.1, 0.15) is 18.9 Å². The third-order valence-electron chi connectivity index (χ3n) is 2.38. The van der Waals surface area contributed by atoms with Gasteiger partial charge in [-0.15, -0.1) is 11.8 Å². The number of halogens is 1. The van der Waals surface area contributed by atoms with Gasteiger partial charge in [-0.3, -0.25) is 4.79 Å². The van der Waals surface area contributed by atoms with E-state index in [0.717, 1.165) is 23.0 Å². The fourth-order valence-corrected chi connectivity index (χ4v) is 2.60. The van der Waals surface area contributed by atoms with Crippen molar-refractivity contribution in [3.05, 3.63) is 28.8 Å². The minimum Gasteiger partial charge on any atom is -0.469 e. The number of methoxy groups -OCH3 is 1. The normalized spacial score (nSPS) is 10.4. The molecule has 1 aromatic carbocycles. The first kappa shape index (κ1) is 15.3. The van der Waals surface area contributed by atoms with Crippen LogP contribution >= 0.6 is 23.4 Å². The average molecular weight is 288 g/mol. The first-order chi connectivity index (χ1) is 8.67. The first-order valence-corrected chi connectivity index (χ1v) is 7.22. The summed E-state index contributed by atoms with van der Waals surface area (Å²) in [4.78, 5) is 12.2. The van der Waals surface area contributed by atoms with Gasteiger partial charge in [0.2, 0.25) is 0 Å². The van der Waals surface area contributed by atoms with Crippen LogP contribution in [0.5, 0.6) is 0 Å². The Labute approximate surface area is 117 Å². The molecule has 0 fully saturated rings. The highest BCUT2D eigenvalue weighted by Crippen LogP contribution is 2.26. The van der Waals surface area contributed by atoms with Gasteiger partial charge in [0.25, 0.3) is 0 Å². The molecule has 5 heteroatoms. The number of ether oxygens (including phenoxy) is 1. The zero-order chi connectivity index (χ0) is 13.4. The van der Waals surface area contributed by atoms with Gasteiger partial charge in [0.15, 0.2) is 0 Å². The largest absolute Gasteiger partial charge is 0.469 e. The maximum atomic E-state index is 11.0. The van der Waals surface area contributed by atoms with Crippen LogP contribution in [0, 0.1) is 0 Å². The third-order valence-corrected chi connectivity index (χ3v) is 3.73. The fraction of sp³-hybridized carbons (Fsp3) is 0.462. The molecule has 1 N–H and O–H groups in total. The molecule has 0 spiro atoms. The van der Waals surface area contributed by atoms with Gasteiger partial charge >= 0.3 is 5.97 Å². The Hall–Kier alpha value is -0.710. The van der Waals surface area contributed by atoms with Gasteiger partial charge in [0.05, 0.1) is 13.5 Å². The second-order valence-electron chi connectivity index (χ2n) is 3.71. The molecule has 0 saturated heterocycles. The molecule has 18 heavy (non-hydrogen) atoms. The summed E-state index contributed by atoms with van der Waals surface area (Å²) in [6.45, 7) is 3.77. The maximum absolute atomic E-state index is 11.0. The van der Waals surface area contributed by atoms with E-state index in [4.69, 9.17) is 11.6 Å². The van der Waals surface area contributed by atoms with E-state index in [9.17, 15) is 4.79 Å². The lowest BCUT2D eigenvalue weighted by atomic mass is 10.2. The highest BCUT2D eigenvalue weighted by atomic mass is 35.5. The molecule has 0 amide bonds.